The molecule has 1 aliphatic rings. The van der Waals surface area contributed by atoms with Crippen LogP contribution in [0.2, 0.25) is 0 Å². The second-order valence-corrected chi connectivity index (χ2v) is 10.4. The summed E-state index contributed by atoms with van der Waals surface area (Å²) >= 11 is 1.30. The molecule has 0 aliphatic heterocycles. The van der Waals surface area contributed by atoms with Crippen LogP contribution >= 0.6 is 11.3 Å². The summed E-state index contributed by atoms with van der Waals surface area (Å²) in [6.07, 6.45) is 5.86. The number of thiophene rings is 1. The molecule has 3 aromatic rings. The fourth-order valence-corrected chi connectivity index (χ4v) is 5.60. The van der Waals surface area contributed by atoms with Gasteiger partial charge in [-0.25, -0.2) is 15.0 Å². The second-order valence-electron chi connectivity index (χ2n) is 9.31. The molecule has 0 spiro atoms. The first-order chi connectivity index (χ1) is 19.8. The number of nitrogens with zero attached hydrogens (tertiary/aromatic N) is 1. The smallest absolute Gasteiger partial charge is 0.343 e. The van der Waals surface area contributed by atoms with Crippen molar-refractivity contribution in [1.29, 1.82) is 0 Å². The summed E-state index contributed by atoms with van der Waals surface area (Å²) in [5.41, 5.74) is 5.35. The van der Waals surface area contributed by atoms with Crippen LogP contribution < -0.4 is 20.2 Å². The van der Waals surface area contributed by atoms with Gasteiger partial charge in [0, 0.05) is 4.88 Å². The lowest BCUT2D eigenvalue weighted by Crippen LogP contribution is -2.32. The number of esters is 2. The van der Waals surface area contributed by atoms with E-state index in [2.05, 4.69) is 15.8 Å². The van der Waals surface area contributed by atoms with Gasteiger partial charge in [-0.15, -0.1) is 11.3 Å². The number of carbonyl (C=O) groups excluding carboxylic acids is 4. The van der Waals surface area contributed by atoms with E-state index in [4.69, 9.17) is 14.2 Å². The molecular formula is C30H31N3O7S. The van der Waals surface area contributed by atoms with E-state index < -0.39 is 23.8 Å². The van der Waals surface area contributed by atoms with E-state index in [-0.39, 0.29) is 18.1 Å². The quantitative estimate of drug-likeness (QED) is 0.0980. The largest absolute Gasteiger partial charge is 0.493 e. The number of methoxy groups -OCH3 is 1. The van der Waals surface area contributed by atoms with Gasteiger partial charge in [0.25, 0.3) is 0 Å². The summed E-state index contributed by atoms with van der Waals surface area (Å²) in [7, 11) is 1.43. The topological polar surface area (TPSA) is 132 Å². The van der Waals surface area contributed by atoms with Gasteiger partial charge < -0.3 is 19.5 Å². The summed E-state index contributed by atoms with van der Waals surface area (Å²) < 4.78 is 16.0. The van der Waals surface area contributed by atoms with Gasteiger partial charge in [0.1, 0.15) is 5.00 Å². The summed E-state index contributed by atoms with van der Waals surface area (Å²) in [6.45, 7) is 3.84. The monoisotopic (exact) mass is 577 g/mol. The number of aryl methyl sites for hydroxylation is 2. The van der Waals surface area contributed by atoms with Crippen LogP contribution in [0, 0.1) is 6.92 Å². The summed E-state index contributed by atoms with van der Waals surface area (Å²) in [6, 6.07) is 11.7. The molecule has 11 heteroatoms. The van der Waals surface area contributed by atoms with Crippen LogP contribution in [0.1, 0.15) is 68.5 Å². The van der Waals surface area contributed by atoms with Crippen LogP contribution in [0.4, 0.5) is 5.00 Å². The Hall–Kier alpha value is -4.51. The minimum Gasteiger partial charge on any atom is -0.493 e. The molecule has 0 radical (unpaired) electrons. The molecule has 0 bridgehead atoms. The fraction of sp³-hybridized carbons (Fsp3) is 0.300. The zero-order valence-corrected chi connectivity index (χ0v) is 23.9. The SMILES string of the molecule is CCOC(=O)c1c(NC(=O)C(=O)N/N=C/c2ccc(OC(=O)c3ccc(C)cc3)c(OC)c2)sc2c1CCCCC2. The van der Waals surface area contributed by atoms with E-state index >= 15 is 0 Å². The highest BCUT2D eigenvalue weighted by Gasteiger charge is 2.28. The third kappa shape index (κ3) is 7.37. The van der Waals surface area contributed by atoms with E-state index in [0.717, 1.165) is 48.1 Å². The normalized spacial score (nSPS) is 12.7. The molecule has 10 nitrogen and oxygen atoms in total. The van der Waals surface area contributed by atoms with Crippen molar-refractivity contribution in [3.63, 3.8) is 0 Å². The number of fused-ring (bicyclic) bond motifs is 1. The Balaban J connectivity index is 1.40. The molecule has 2 aromatic carbocycles. The van der Waals surface area contributed by atoms with Crippen LogP contribution in [0.15, 0.2) is 47.6 Å². The molecule has 0 fully saturated rings. The molecule has 214 valence electrons. The predicted molar refractivity (Wildman–Crippen MR) is 155 cm³/mol. The van der Waals surface area contributed by atoms with Gasteiger partial charge in [0.05, 0.1) is 31.1 Å². The van der Waals surface area contributed by atoms with Crippen molar-refractivity contribution < 1.29 is 33.4 Å². The van der Waals surface area contributed by atoms with Gasteiger partial charge in [0.2, 0.25) is 0 Å². The Morgan fingerprint density at radius 1 is 0.951 bits per heavy atom. The molecule has 1 heterocycles. The molecule has 0 saturated heterocycles. The van der Waals surface area contributed by atoms with E-state index in [1.807, 2.05) is 19.1 Å². The standard InChI is InChI=1S/C30H31N3O7S/c1-4-39-30(37)25-21-8-6-5-7-9-24(21)41-28(25)32-26(34)27(35)33-31-17-19-12-15-22(23(16-19)38-3)40-29(36)20-13-10-18(2)11-14-20/h10-17H,4-9H2,1-3H3,(H,32,34)(H,33,35)/b31-17+. The molecule has 0 atom stereocenters. The number of benzene rings is 2. The van der Waals surface area contributed by atoms with Crippen LogP contribution in [0.25, 0.3) is 0 Å². The third-order valence-corrected chi connectivity index (χ3v) is 7.60. The van der Waals surface area contributed by atoms with Crippen molar-refractivity contribution >= 4 is 46.3 Å². The van der Waals surface area contributed by atoms with E-state index in [1.54, 1.807) is 37.3 Å². The van der Waals surface area contributed by atoms with Crippen LogP contribution in [-0.2, 0) is 27.2 Å². The first-order valence-corrected chi connectivity index (χ1v) is 14.0. The van der Waals surface area contributed by atoms with Gasteiger partial charge in [-0.3, -0.25) is 9.59 Å². The maximum atomic E-state index is 12.7. The zero-order chi connectivity index (χ0) is 29.4. The Morgan fingerprint density at radius 3 is 2.44 bits per heavy atom. The van der Waals surface area contributed by atoms with Crippen molar-refractivity contribution in [3.05, 3.63) is 75.2 Å². The van der Waals surface area contributed by atoms with Crippen LogP contribution in [0.5, 0.6) is 11.5 Å². The Bertz CT molecular complexity index is 1480. The molecule has 0 saturated carbocycles. The lowest BCUT2D eigenvalue weighted by Gasteiger charge is -2.10. The molecule has 2 amide bonds. The number of hydrogen-bond acceptors (Lipinski definition) is 9. The number of hydrazone groups is 1. The van der Waals surface area contributed by atoms with Gasteiger partial charge in [-0.2, -0.15) is 5.10 Å². The molecule has 41 heavy (non-hydrogen) atoms. The van der Waals surface area contributed by atoms with Crippen molar-refractivity contribution in [1.82, 2.24) is 5.43 Å². The summed E-state index contributed by atoms with van der Waals surface area (Å²) in [5, 5.41) is 6.72. The Kier molecular flexibility index (Phi) is 9.86. The maximum Gasteiger partial charge on any atom is 0.343 e. The zero-order valence-electron chi connectivity index (χ0n) is 23.1. The fourth-order valence-electron chi connectivity index (χ4n) is 4.32. The maximum absolute atomic E-state index is 12.7. The Labute approximate surface area is 241 Å². The van der Waals surface area contributed by atoms with E-state index in [0.29, 0.717) is 21.7 Å². The highest BCUT2D eigenvalue weighted by atomic mass is 32.1. The number of nitrogens with one attached hydrogen (secondary N) is 2. The highest BCUT2D eigenvalue weighted by Crippen LogP contribution is 2.38. The van der Waals surface area contributed by atoms with Gasteiger partial charge in [-0.05, 0) is 81.0 Å². The molecule has 2 N–H and O–H groups in total. The third-order valence-electron chi connectivity index (χ3n) is 6.39. The molecule has 1 aromatic heterocycles. The molecule has 4 rings (SSSR count). The minimum atomic E-state index is -1.00. The lowest BCUT2D eigenvalue weighted by atomic mass is 10.1. The summed E-state index contributed by atoms with van der Waals surface area (Å²) in [5.74, 6) is -2.51. The van der Waals surface area contributed by atoms with Crippen LogP contribution in [0.3, 0.4) is 0 Å². The van der Waals surface area contributed by atoms with Crippen molar-refractivity contribution in [2.45, 2.75) is 46.0 Å². The molecule has 1 aliphatic carbocycles. The number of hydrogen-bond donors (Lipinski definition) is 2. The van der Waals surface area contributed by atoms with E-state index in [1.165, 1.54) is 24.7 Å². The van der Waals surface area contributed by atoms with E-state index in [9.17, 15) is 19.2 Å². The average Bonchev–Trinajstić information content (AvgIpc) is 3.13. The second kappa shape index (κ2) is 13.7. The Morgan fingerprint density at radius 2 is 1.71 bits per heavy atom. The number of anilines is 1. The number of carbonyl (C=O) groups is 4. The molecular weight excluding hydrogens is 546 g/mol. The lowest BCUT2D eigenvalue weighted by molar-refractivity contribution is -0.136. The highest BCUT2D eigenvalue weighted by molar-refractivity contribution is 7.17. The van der Waals surface area contributed by atoms with Gasteiger partial charge in [0.15, 0.2) is 11.5 Å². The average molecular weight is 578 g/mol. The number of ether oxygens (including phenoxy) is 3. The first-order valence-electron chi connectivity index (χ1n) is 13.2. The summed E-state index contributed by atoms with van der Waals surface area (Å²) in [4.78, 5) is 51.3. The molecule has 0 unspecified atom stereocenters. The van der Waals surface area contributed by atoms with Crippen LogP contribution in [-0.4, -0.2) is 43.7 Å². The minimum absolute atomic E-state index is 0.201. The van der Waals surface area contributed by atoms with Gasteiger partial charge in [-0.1, -0.05) is 24.1 Å². The van der Waals surface area contributed by atoms with Crippen molar-refractivity contribution in [3.8, 4) is 11.5 Å². The van der Waals surface area contributed by atoms with Crippen molar-refractivity contribution in [2.75, 3.05) is 19.0 Å². The number of amides is 2. The number of rotatable bonds is 8. The van der Waals surface area contributed by atoms with Crippen molar-refractivity contribution in [2.24, 2.45) is 5.10 Å². The van der Waals surface area contributed by atoms with Gasteiger partial charge >= 0.3 is 23.8 Å². The first kappa shape index (κ1) is 29.5. The predicted octanol–water partition coefficient (Wildman–Crippen LogP) is 4.82.